The maximum absolute atomic E-state index is 12.6. The van der Waals surface area contributed by atoms with Gasteiger partial charge in [0.2, 0.25) is 0 Å². The molecule has 0 atom stereocenters. The van der Waals surface area contributed by atoms with Crippen LogP contribution in [0.1, 0.15) is 38.9 Å². The lowest BCUT2D eigenvalue weighted by molar-refractivity contribution is 0.0522. The highest BCUT2D eigenvalue weighted by Gasteiger charge is 2.20. The van der Waals surface area contributed by atoms with Gasteiger partial charge in [0, 0.05) is 10.9 Å². The van der Waals surface area contributed by atoms with E-state index in [4.69, 9.17) is 14.2 Å². The van der Waals surface area contributed by atoms with Crippen molar-refractivity contribution in [3.8, 4) is 11.5 Å². The van der Waals surface area contributed by atoms with E-state index < -0.39 is 5.97 Å². The summed E-state index contributed by atoms with van der Waals surface area (Å²) in [5, 5.41) is 0.891. The van der Waals surface area contributed by atoms with Gasteiger partial charge in [0.05, 0.1) is 30.5 Å². The number of rotatable bonds is 7. The second-order valence-corrected chi connectivity index (χ2v) is 6.11. The first-order chi connectivity index (χ1) is 13.6. The minimum absolute atomic E-state index is 0.0522. The molecular weight excluding hydrogens is 358 g/mol. The smallest absolute Gasteiger partial charge is 0.340 e. The van der Waals surface area contributed by atoms with Crippen molar-refractivity contribution in [2.24, 2.45) is 0 Å². The van der Waals surface area contributed by atoms with E-state index >= 15 is 0 Å². The lowest BCUT2D eigenvalue weighted by Gasteiger charge is -2.15. The Morgan fingerprint density at radius 3 is 2.64 bits per heavy atom. The molecule has 6 heteroatoms. The highest BCUT2D eigenvalue weighted by molar-refractivity contribution is 5.98. The number of aldehydes is 1. The summed E-state index contributed by atoms with van der Waals surface area (Å²) in [6.45, 7) is 3.96. The van der Waals surface area contributed by atoms with Crippen molar-refractivity contribution < 1.29 is 23.8 Å². The Labute approximate surface area is 163 Å². The average molecular weight is 379 g/mol. The van der Waals surface area contributed by atoms with Gasteiger partial charge in [-0.2, -0.15) is 0 Å². The van der Waals surface area contributed by atoms with Crippen molar-refractivity contribution in [2.75, 3.05) is 13.7 Å². The standard InChI is InChI=1S/C22H21NO5/c1-4-27-22(25)21-14(2)16-7-5-6-8-17(16)23-18(21)13-28-19-10-9-15(12-24)11-20(19)26-3/h5-12H,4,13H2,1-3H3. The summed E-state index contributed by atoms with van der Waals surface area (Å²) in [4.78, 5) is 28.1. The SMILES string of the molecule is CCOC(=O)c1c(COc2ccc(C=O)cc2OC)nc2ccccc2c1C. The number of hydrogen-bond donors (Lipinski definition) is 0. The van der Waals surface area contributed by atoms with Crippen LogP contribution in [0, 0.1) is 6.92 Å². The molecule has 0 saturated carbocycles. The van der Waals surface area contributed by atoms with E-state index in [2.05, 4.69) is 4.98 Å². The van der Waals surface area contributed by atoms with Crippen molar-refractivity contribution in [3.63, 3.8) is 0 Å². The summed E-state index contributed by atoms with van der Waals surface area (Å²) < 4.78 is 16.4. The number of para-hydroxylation sites is 1. The van der Waals surface area contributed by atoms with Crippen LogP contribution in [0.5, 0.6) is 11.5 Å². The number of benzene rings is 2. The molecule has 0 spiro atoms. The first-order valence-electron chi connectivity index (χ1n) is 8.90. The second kappa shape index (κ2) is 8.52. The van der Waals surface area contributed by atoms with Gasteiger partial charge in [0.1, 0.15) is 12.9 Å². The van der Waals surface area contributed by atoms with Crippen LogP contribution in [0.25, 0.3) is 10.9 Å². The highest BCUT2D eigenvalue weighted by atomic mass is 16.5. The number of carbonyl (C=O) groups excluding carboxylic acids is 2. The number of aromatic nitrogens is 1. The van der Waals surface area contributed by atoms with Gasteiger partial charge in [-0.1, -0.05) is 18.2 Å². The van der Waals surface area contributed by atoms with Crippen LogP contribution in [-0.2, 0) is 11.3 Å². The zero-order valence-corrected chi connectivity index (χ0v) is 16.0. The molecule has 1 heterocycles. The summed E-state index contributed by atoms with van der Waals surface area (Å²) >= 11 is 0. The van der Waals surface area contributed by atoms with Crippen molar-refractivity contribution in [1.29, 1.82) is 0 Å². The molecule has 28 heavy (non-hydrogen) atoms. The van der Waals surface area contributed by atoms with E-state index in [1.54, 1.807) is 25.1 Å². The molecule has 0 aliphatic heterocycles. The number of esters is 1. The minimum atomic E-state index is -0.430. The van der Waals surface area contributed by atoms with E-state index in [1.165, 1.54) is 7.11 Å². The first kappa shape index (κ1) is 19.4. The maximum atomic E-state index is 12.6. The van der Waals surface area contributed by atoms with Crippen molar-refractivity contribution in [1.82, 2.24) is 4.98 Å². The van der Waals surface area contributed by atoms with E-state index in [9.17, 15) is 9.59 Å². The van der Waals surface area contributed by atoms with Gasteiger partial charge in [-0.05, 0) is 43.7 Å². The van der Waals surface area contributed by atoms with Crippen LogP contribution in [0.15, 0.2) is 42.5 Å². The minimum Gasteiger partial charge on any atom is -0.493 e. The first-order valence-corrected chi connectivity index (χ1v) is 8.90. The Balaban J connectivity index is 2.01. The van der Waals surface area contributed by atoms with E-state index in [0.29, 0.717) is 28.3 Å². The zero-order valence-electron chi connectivity index (χ0n) is 16.0. The fourth-order valence-corrected chi connectivity index (χ4v) is 3.04. The Kier molecular flexibility index (Phi) is 5.89. The van der Waals surface area contributed by atoms with Gasteiger partial charge in [0.15, 0.2) is 11.5 Å². The third-order valence-corrected chi connectivity index (χ3v) is 4.39. The predicted molar refractivity (Wildman–Crippen MR) is 105 cm³/mol. The quantitative estimate of drug-likeness (QED) is 0.454. The molecule has 3 aromatic rings. The van der Waals surface area contributed by atoms with Gasteiger partial charge in [-0.25, -0.2) is 9.78 Å². The summed E-state index contributed by atoms with van der Waals surface area (Å²) in [7, 11) is 1.50. The van der Waals surface area contributed by atoms with E-state index in [0.717, 1.165) is 22.8 Å². The Bertz CT molecular complexity index is 1030. The summed E-state index contributed by atoms with van der Waals surface area (Å²) in [5.41, 5.74) is 2.94. The molecule has 0 aliphatic carbocycles. The highest BCUT2D eigenvalue weighted by Crippen LogP contribution is 2.30. The third kappa shape index (κ3) is 3.81. The van der Waals surface area contributed by atoms with Gasteiger partial charge >= 0.3 is 5.97 Å². The number of carbonyl (C=O) groups is 2. The average Bonchev–Trinajstić information content (AvgIpc) is 2.72. The van der Waals surface area contributed by atoms with Crippen LogP contribution in [-0.4, -0.2) is 31.0 Å². The van der Waals surface area contributed by atoms with Crippen LogP contribution >= 0.6 is 0 Å². The molecule has 0 unspecified atom stereocenters. The van der Waals surface area contributed by atoms with E-state index in [1.807, 2.05) is 31.2 Å². The Morgan fingerprint density at radius 1 is 1.14 bits per heavy atom. The molecule has 0 fully saturated rings. The second-order valence-electron chi connectivity index (χ2n) is 6.11. The summed E-state index contributed by atoms with van der Waals surface area (Å²) in [6.07, 6.45) is 0.736. The van der Waals surface area contributed by atoms with Gasteiger partial charge in [-0.3, -0.25) is 4.79 Å². The van der Waals surface area contributed by atoms with Gasteiger partial charge < -0.3 is 14.2 Å². The number of ether oxygens (including phenoxy) is 3. The molecule has 1 aromatic heterocycles. The maximum Gasteiger partial charge on any atom is 0.340 e. The number of nitrogens with zero attached hydrogens (tertiary/aromatic N) is 1. The van der Waals surface area contributed by atoms with Crippen molar-refractivity contribution >= 4 is 23.2 Å². The molecule has 3 rings (SSSR count). The molecule has 6 nitrogen and oxygen atoms in total. The fourth-order valence-electron chi connectivity index (χ4n) is 3.04. The third-order valence-electron chi connectivity index (χ3n) is 4.39. The van der Waals surface area contributed by atoms with Gasteiger partial charge in [-0.15, -0.1) is 0 Å². The fraction of sp³-hybridized carbons (Fsp3) is 0.227. The predicted octanol–water partition coefficient (Wildman–Crippen LogP) is 4.12. The van der Waals surface area contributed by atoms with Crippen molar-refractivity contribution in [2.45, 2.75) is 20.5 Å². The molecule has 0 amide bonds. The van der Waals surface area contributed by atoms with Crippen LogP contribution in [0.4, 0.5) is 0 Å². The van der Waals surface area contributed by atoms with Crippen LogP contribution in [0.3, 0.4) is 0 Å². The van der Waals surface area contributed by atoms with Crippen LogP contribution < -0.4 is 9.47 Å². The zero-order chi connectivity index (χ0) is 20.1. The van der Waals surface area contributed by atoms with E-state index in [-0.39, 0.29) is 13.2 Å². The molecule has 144 valence electrons. The van der Waals surface area contributed by atoms with Crippen molar-refractivity contribution in [3.05, 3.63) is 64.8 Å². The largest absolute Gasteiger partial charge is 0.493 e. The lowest BCUT2D eigenvalue weighted by Crippen LogP contribution is -2.14. The van der Waals surface area contributed by atoms with Crippen LogP contribution in [0.2, 0.25) is 0 Å². The number of fused-ring (bicyclic) bond motifs is 1. The molecule has 0 aliphatic rings. The molecule has 0 bridgehead atoms. The number of aryl methyl sites for hydroxylation is 1. The Morgan fingerprint density at radius 2 is 1.93 bits per heavy atom. The molecule has 0 N–H and O–H groups in total. The summed E-state index contributed by atoms with van der Waals surface area (Å²) in [6, 6.07) is 12.5. The topological polar surface area (TPSA) is 74.7 Å². The Hall–Kier alpha value is -3.41. The number of pyridine rings is 1. The molecule has 0 radical (unpaired) electrons. The molecule has 0 saturated heterocycles. The number of hydrogen-bond acceptors (Lipinski definition) is 6. The molecular formula is C22H21NO5. The number of methoxy groups -OCH3 is 1. The van der Waals surface area contributed by atoms with Gasteiger partial charge in [0.25, 0.3) is 0 Å². The monoisotopic (exact) mass is 379 g/mol. The normalized spacial score (nSPS) is 10.5. The summed E-state index contributed by atoms with van der Waals surface area (Å²) in [5.74, 6) is 0.454. The molecule has 2 aromatic carbocycles. The lowest BCUT2D eigenvalue weighted by atomic mass is 10.0.